The zero-order valence-electron chi connectivity index (χ0n) is 16.4. The van der Waals surface area contributed by atoms with Crippen LogP contribution in [0.2, 0.25) is 10.0 Å². The summed E-state index contributed by atoms with van der Waals surface area (Å²) >= 11 is 12.1. The molecule has 154 valence electrons. The van der Waals surface area contributed by atoms with Crippen molar-refractivity contribution in [1.29, 1.82) is 5.41 Å². The lowest BCUT2D eigenvalue weighted by Crippen LogP contribution is -3.13. The first kappa shape index (κ1) is 20.5. The van der Waals surface area contributed by atoms with Crippen LogP contribution in [0.25, 0.3) is 11.0 Å². The molecule has 1 fully saturated rings. The molecule has 4 rings (SSSR count). The minimum absolute atomic E-state index is 0.293. The zero-order chi connectivity index (χ0) is 20.4. The molecule has 29 heavy (non-hydrogen) atoms. The molecule has 0 radical (unpaired) electrons. The van der Waals surface area contributed by atoms with Crippen LogP contribution in [-0.4, -0.2) is 33.9 Å². The van der Waals surface area contributed by atoms with E-state index in [-0.39, 0.29) is 0 Å². The number of para-hydroxylation sites is 2. The zero-order valence-corrected chi connectivity index (χ0v) is 17.9. The molecule has 3 N–H and O–H groups in total. The second-order valence-electron chi connectivity index (χ2n) is 7.82. The van der Waals surface area contributed by atoms with E-state index in [0.29, 0.717) is 27.8 Å². The average Bonchev–Trinajstić information content (AvgIpc) is 3.00. The molecule has 2 heterocycles. The van der Waals surface area contributed by atoms with E-state index in [0.717, 1.165) is 24.1 Å². The summed E-state index contributed by atoms with van der Waals surface area (Å²) in [5.41, 5.74) is 3.11. The van der Waals surface area contributed by atoms with E-state index in [1.807, 2.05) is 22.8 Å². The molecule has 1 aliphatic heterocycles. The fourth-order valence-electron chi connectivity index (χ4n) is 4.28. The Kier molecular flexibility index (Phi) is 6.30. The smallest absolute Gasteiger partial charge is 0.203 e. The molecule has 7 heteroatoms. The van der Waals surface area contributed by atoms with Crippen molar-refractivity contribution in [1.82, 2.24) is 9.13 Å². The standard InChI is InChI=1S/C22H26Cl2N4O/c23-17-9-8-16(14-18(17)24)21(29)15-28-20-7-3-2-6-19(20)27(22(28)25)13-12-26-10-4-1-5-11-26/h2-3,6-9,14,21,25,29H,1,4-5,10-13,15H2/p+1/t21-/m0/s1. The van der Waals surface area contributed by atoms with Crippen LogP contribution < -0.4 is 10.5 Å². The number of nitrogens with zero attached hydrogens (tertiary/aromatic N) is 2. The fourth-order valence-corrected chi connectivity index (χ4v) is 4.58. The third-order valence-electron chi connectivity index (χ3n) is 5.91. The summed E-state index contributed by atoms with van der Waals surface area (Å²) in [5, 5.41) is 20.5. The van der Waals surface area contributed by atoms with Gasteiger partial charge in [0.25, 0.3) is 0 Å². The molecular formula is C22H27Cl2N4O+. The van der Waals surface area contributed by atoms with Gasteiger partial charge in [-0.1, -0.05) is 41.4 Å². The predicted octanol–water partition coefficient (Wildman–Crippen LogP) is 3.03. The summed E-state index contributed by atoms with van der Waals surface area (Å²) in [6.07, 6.45) is 3.16. The highest BCUT2D eigenvalue weighted by atomic mass is 35.5. The summed E-state index contributed by atoms with van der Waals surface area (Å²) in [7, 11) is 0. The van der Waals surface area contributed by atoms with Crippen LogP contribution in [0.1, 0.15) is 30.9 Å². The maximum atomic E-state index is 10.8. The number of quaternary nitrogens is 1. The van der Waals surface area contributed by atoms with Crippen molar-refractivity contribution >= 4 is 34.2 Å². The number of benzene rings is 2. The van der Waals surface area contributed by atoms with Gasteiger partial charge in [0.15, 0.2) is 0 Å². The van der Waals surface area contributed by atoms with Gasteiger partial charge in [0, 0.05) is 0 Å². The van der Waals surface area contributed by atoms with Gasteiger partial charge >= 0.3 is 0 Å². The second kappa shape index (κ2) is 8.92. The lowest BCUT2D eigenvalue weighted by Gasteiger charge is -2.23. The van der Waals surface area contributed by atoms with E-state index in [1.165, 1.54) is 32.4 Å². The van der Waals surface area contributed by atoms with Crippen molar-refractivity contribution in [3.63, 3.8) is 0 Å². The maximum absolute atomic E-state index is 10.8. The molecule has 0 spiro atoms. The Balaban J connectivity index is 1.61. The highest BCUT2D eigenvalue weighted by Crippen LogP contribution is 2.26. The van der Waals surface area contributed by atoms with Gasteiger partial charge in [-0.05, 0) is 49.1 Å². The lowest BCUT2D eigenvalue weighted by atomic mass is 10.1. The summed E-state index contributed by atoms with van der Waals surface area (Å²) in [6, 6.07) is 13.2. The van der Waals surface area contributed by atoms with Crippen molar-refractivity contribution in [2.24, 2.45) is 0 Å². The van der Waals surface area contributed by atoms with Crippen molar-refractivity contribution in [3.05, 3.63) is 63.7 Å². The van der Waals surface area contributed by atoms with E-state index in [9.17, 15) is 5.11 Å². The SMILES string of the molecule is N=c1n(CC[NH+]2CCCCC2)c2ccccc2n1C[C@H](O)c1ccc(Cl)c(Cl)c1. The van der Waals surface area contributed by atoms with Gasteiger partial charge in [-0.3, -0.25) is 5.41 Å². The topological polar surface area (TPSA) is 58.4 Å². The van der Waals surface area contributed by atoms with E-state index in [1.54, 1.807) is 23.1 Å². The minimum Gasteiger partial charge on any atom is -0.387 e. The van der Waals surface area contributed by atoms with Crippen LogP contribution in [0.3, 0.4) is 0 Å². The maximum Gasteiger partial charge on any atom is 0.203 e. The molecule has 1 aromatic heterocycles. The number of hydrogen-bond donors (Lipinski definition) is 3. The van der Waals surface area contributed by atoms with Crippen LogP contribution >= 0.6 is 23.2 Å². The van der Waals surface area contributed by atoms with Gasteiger partial charge in [0.1, 0.15) is 0 Å². The van der Waals surface area contributed by atoms with Crippen LogP contribution in [0.4, 0.5) is 0 Å². The number of aromatic nitrogens is 2. The highest BCUT2D eigenvalue weighted by Gasteiger charge is 2.18. The average molecular weight is 434 g/mol. The molecule has 0 bridgehead atoms. The van der Waals surface area contributed by atoms with Gasteiger partial charge in [-0.15, -0.1) is 0 Å². The Morgan fingerprint density at radius 2 is 1.66 bits per heavy atom. The number of nitrogens with one attached hydrogen (secondary N) is 2. The van der Waals surface area contributed by atoms with Gasteiger partial charge in [0.2, 0.25) is 5.62 Å². The van der Waals surface area contributed by atoms with Gasteiger partial charge < -0.3 is 19.1 Å². The minimum atomic E-state index is -0.772. The largest absolute Gasteiger partial charge is 0.387 e. The van der Waals surface area contributed by atoms with Gasteiger partial charge in [-0.2, -0.15) is 0 Å². The molecule has 3 aromatic rings. The molecule has 1 saturated heterocycles. The van der Waals surface area contributed by atoms with E-state index in [4.69, 9.17) is 28.6 Å². The molecule has 5 nitrogen and oxygen atoms in total. The van der Waals surface area contributed by atoms with Crippen LogP contribution in [0.5, 0.6) is 0 Å². The highest BCUT2D eigenvalue weighted by molar-refractivity contribution is 6.42. The number of piperidine rings is 1. The Bertz CT molecular complexity index is 1050. The molecular weight excluding hydrogens is 407 g/mol. The number of fused-ring (bicyclic) bond motifs is 1. The number of rotatable bonds is 6. The summed E-state index contributed by atoms with van der Waals surface area (Å²) < 4.78 is 3.95. The van der Waals surface area contributed by atoms with Gasteiger partial charge in [-0.25, -0.2) is 0 Å². The molecule has 0 amide bonds. The predicted molar refractivity (Wildman–Crippen MR) is 117 cm³/mol. The second-order valence-corrected chi connectivity index (χ2v) is 8.64. The normalized spacial score (nSPS) is 16.4. The van der Waals surface area contributed by atoms with Gasteiger partial charge in [0.05, 0.1) is 59.9 Å². The van der Waals surface area contributed by atoms with Crippen molar-refractivity contribution in [3.8, 4) is 0 Å². The Morgan fingerprint density at radius 3 is 2.34 bits per heavy atom. The third kappa shape index (κ3) is 4.38. The van der Waals surface area contributed by atoms with E-state index < -0.39 is 6.10 Å². The number of halogens is 2. The number of aliphatic hydroxyl groups is 1. The Labute approximate surface area is 180 Å². The first-order valence-electron chi connectivity index (χ1n) is 10.2. The summed E-state index contributed by atoms with van der Waals surface area (Å²) in [6.45, 7) is 4.58. The molecule has 0 saturated carbocycles. The van der Waals surface area contributed by atoms with Crippen LogP contribution in [-0.2, 0) is 13.1 Å². The summed E-state index contributed by atoms with van der Waals surface area (Å²) in [5.74, 6) is 0. The van der Waals surface area contributed by atoms with Crippen molar-refractivity contribution < 1.29 is 10.0 Å². The fraction of sp³-hybridized carbons (Fsp3) is 0.409. The molecule has 1 aliphatic rings. The molecule has 2 aromatic carbocycles. The number of likely N-dealkylation sites (tertiary alicyclic amines) is 1. The first-order valence-corrected chi connectivity index (χ1v) is 11.0. The van der Waals surface area contributed by atoms with Crippen LogP contribution in [0, 0.1) is 5.41 Å². The molecule has 0 aliphatic carbocycles. The third-order valence-corrected chi connectivity index (χ3v) is 6.65. The number of imidazole rings is 1. The van der Waals surface area contributed by atoms with Crippen molar-refractivity contribution in [2.75, 3.05) is 19.6 Å². The number of hydrogen-bond acceptors (Lipinski definition) is 2. The Hall–Kier alpha value is -1.79. The van der Waals surface area contributed by atoms with Crippen LogP contribution in [0.15, 0.2) is 42.5 Å². The lowest BCUT2D eigenvalue weighted by molar-refractivity contribution is -0.905. The van der Waals surface area contributed by atoms with E-state index in [2.05, 4.69) is 10.6 Å². The quantitative estimate of drug-likeness (QED) is 0.549. The molecule has 0 unspecified atom stereocenters. The van der Waals surface area contributed by atoms with Crippen molar-refractivity contribution in [2.45, 2.75) is 38.5 Å². The summed E-state index contributed by atoms with van der Waals surface area (Å²) in [4.78, 5) is 1.62. The molecule has 1 atom stereocenters. The monoisotopic (exact) mass is 433 g/mol. The number of aliphatic hydroxyl groups excluding tert-OH is 1. The first-order chi connectivity index (χ1) is 14.0. The Morgan fingerprint density at radius 1 is 0.966 bits per heavy atom. The van der Waals surface area contributed by atoms with E-state index >= 15 is 0 Å².